The van der Waals surface area contributed by atoms with Crippen LogP contribution >= 0.6 is 0 Å². The van der Waals surface area contributed by atoms with Crippen LogP contribution in [-0.4, -0.2) is 57.2 Å². The molecule has 2 aromatic carbocycles. The average Bonchev–Trinajstić information content (AvgIpc) is 3.36. The minimum absolute atomic E-state index is 0.0453. The lowest BCUT2D eigenvalue weighted by Crippen LogP contribution is -2.49. The van der Waals surface area contributed by atoms with E-state index in [9.17, 15) is 19.8 Å². The third kappa shape index (κ3) is 6.04. The molecule has 2 atom stereocenters. The first-order valence-corrected chi connectivity index (χ1v) is 11.0. The summed E-state index contributed by atoms with van der Waals surface area (Å²) in [5.74, 6) is -0.222. The van der Waals surface area contributed by atoms with Crippen molar-refractivity contribution in [1.82, 2.24) is 15.2 Å². The van der Waals surface area contributed by atoms with Crippen molar-refractivity contribution in [2.24, 2.45) is 5.11 Å². The summed E-state index contributed by atoms with van der Waals surface area (Å²) in [5, 5.41) is 25.8. The highest BCUT2D eigenvalue weighted by molar-refractivity contribution is 5.92. The number of nitrogens with zero attached hydrogens (tertiary/aromatic N) is 5. The van der Waals surface area contributed by atoms with Gasteiger partial charge in [0.05, 0.1) is 18.6 Å². The average molecular weight is 476 g/mol. The van der Waals surface area contributed by atoms with E-state index >= 15 is 0 Å². The number of likely N-dealkylation sites (tertiary alicyclic amines) is 1. The Bertz CT molecular complexity index is 1230. The fraction of sp³-hybridized carbons (Fsp3) is 0.292. The Hall–Kier alpha value is -4.18. The van der Waals surface area contributed by atoms with E-state index in [1.807, 2.05) is 12.1 Å². The molecule has 11 nitrogen and oxygen atoms in total. The molecule has 3 N–H and O–H groups in total. The Balaban J connectivity index is 1.30. The summed E-state index contributed by atoms with van der Waals surface area (Å²) >= 11 is 0. The van der Waals surface area contributed by atoms with Crippen LogP contribution in [0.2, 0.25) is 0 Å². The molecular weight excluding hydrogens is 452 g/mol. The van der Waals surface area contributed by atoms with Gasteiger partial charge < -0.3 is 24.8 Å². The van der Waals surface area contributed by atoms with Gasteiger partial charge in [-0.2, -0.15) is 0 Å². The number of aliphatic hydroxyl groups is 2. The highest BCUT2D eigenvalue weighted by Gasteiger charge is 2.30. The molecule has 4 rings (SSSR count). The number of carbonyl (C=O) groups excluding carboxylic acids is 2. The second-order valence-corrected chi connectivity index (χ2v) is 8.22. The predicted molar refractivity (Wildman–Crippen MR) is 125 cm³/mol. The van der Waals surface area contributed by atoms with Crippen LogP contribution in [0.15, 0.2) is 64.3 Å². The maximum atomic E-state index is 12.6. The van der Waals surface area contributed by atoms with Gasteiger partial charge in [0.2, 0.25) is 11.8 Å². The van der Waals surface area contributed by atoms with Crippen LogP contribution in [0.3, 0.4) is 0 Å². The van der Waals surface area contributed by atoms with Crippen LogP contribution in [0.4, 0.5) is 5.69 Å². The van der Waals surface area contributed by atoms with Gasteiger partial charge >= 0.3 is 0 Å². The summed E-state index contributed by atoms with van der Waals surface area (Å²) in [6.45, 7) is 0.721. The van der Waals surface area contributed by atoms with Crippen LogP contribution in [0.1, 0.15) is 28.0 Å². The maximum Gasteiger partial charge on any atom is 0.275 e. The minimum Gasteiger partial charge on any atom is -0.444 e. The third-order valence-electron chi connectivity index (χ3n) is 5.71. The number of nitrogens with one attached hydrogen (secondary N) is 1. The number of azide groups is 1. The molecule has 3 aromatic rings. The summed E-state index contributed by atoms with van der Waals surface area (Å²) in [6, 6.07) is 14.0. The Kier molecular flexibility index (Phi) is 7.41. The zero-order valence-corrected chi connectivity index (χ0v) is 18.7. The largest absolute Gasteiger partial charge is 0.444 e. The van der Waals surface area contributed by atoms with E-state index in [1.54, 1.807) is 36.4 Å². The Morgan fingerprint density at radius 1 is 1.11 bits per heavy atom. The van der Waals surface area contributed by atoms with Crippen molar-refractivity contribution in [3.63, 3.8) is 0 Å². The fourth-order valence-electron chi connectivity index (χ4n) is 3.72. The first-order chi connectivity index (χ1) is 16.9. The molecule has 1 fully saturated rings. The van der Waals surface area contributed by atoms with Gasteiger partial charge in [-0.1, -0.05) is 41.5 Å². The van der Waals surface area contributed by atoms with E-state index < -0.39 is 12.2 Å². The van der Waals surface area contributed by atoms with Gasteiger partial charge in [-0.3, -0.25) is 9.59 Å². The van der Waals surface area contributed by atoms with E-state index in [0.29, 0.717) is 30.8 Å². The number of oxazole rings is 1. The summed E-state index contributed by atoms with van der Waals surface area (Å²) in [4.78, 5) is 33.3. The third-order valence-corrected chi connectivity index (χ3v) is 5.71. The number of carbonyl (C=O) groups is 2. The monoisotopic (exact) mass is 476 g/mol. The number of hydrogen-bond donors (Lipinski definition) is 3. The molecule has 2 heterocycles. The Morgan fingerprint density at radius 3 is 2.51 bits per heavy atom. The quantitative estimate of drug-likeness (QED) is 0.269. The molecule has 0 radical (unpaired) electrons. The lowest BCUT2D eigenvalue weighted by atomic mass is 10.0. The van der Waals surface area contributed by atoms with Crippen LogP contribution in [0, 0.1) is 0 Å². The number of piperidine rings is 1. The number of hydrogen-bond acceptors (Lipinski definition) is 7. The first kappa shape index (κ1) is 24.0. The van der Waals surface area contributed by atoms with Gasteiger partial charge in [0.1, 0.15) is 6.26 Å². The lowest BCUT2D eigenvalue weighted by Gasteiger charge is -2.32. The number of rotatable bonds is 7. The zero-order valence-electron chi connectivity index (χ0n) is 18.7. The molecule has 1 aliphatic rings. The lowest BCUT2D eigenvalue weighted by molar-refractivity contribution is -0.120. The molecule has 2 amide bonds. The number of aliphatic hydroxyl groups excluding tert-OH is 2. The molecule has 180 valence electrons. The van der Waals surface area contributed by atoms with Crippen LogP contribution in [0.25, 0.3) is 21.9 Å². The second-order valence-electron chi connectivity index (χ2n) is 8.22. The maximum absolute atomic E-state index is 12.6. The highest BCUT2D eigenvalue weighted by Crippen LogP contribution is 2.21. The van der Waals surface area contributed by atoms with E-state index in [2.05, 4.69) is 20.3 Å². The van der Waals surface area contributed by atoms with Crippen LogP contribution in [-0.2, 0) is 17.8 Å². The molecule has 1 aromatic heterocycles. The Morgan fingerprint density at radius 2 is 1.83 bits per heavy atom. The standard InChI is InChI=1S/C24H24N6O5/c25-29-28-18-7-3-15(4-8-18)11-22(33)26-12-16-1-5-17(6-2-16)23-27-19(14-35-23)24(34)30-10-9-20(31)21(32)13-30/h1-8,14,20-21,31-32H,9-13H2,(H,26,33)/t20-,21-/m1/s1. The first-order valence-electron chi connectivity index (χ1n) is 11.0. The predicted octanol–water partition coefficient (Wildman–Crippen LogP) is 2.71. The summed E-state index contributed by atoms with van der Waals surface area (Å²) in [5.41, 5.74) is 11.4. The summed E-state index contributed by atoms with van der Waals surface area (Å²) in [7, 11) is 0. The number of amides is 2. The zero-order chi connectivity index (χ0) is 24.8. The van der Waals surface area contributed by atoms with Crippen molar-refractivity contribution in [3.05, 3.63) is 82.1 Å². The van der Waals surface area contributed by atoms with Gasteiger partial charge in [0.25, 0.3) is 5.91 Å². The van der Waals surface area contributed by atoms with Crippen molar-refractivity contribution >= 4 is 17.5 Å². The molecule has 0 bridgehead atoms. The Labute approximate surface area is 200 Å². The number of aromatic nitrogens is 1. The van der Waals surface area contributed by atoms with Crippen molar-refractivity contribution in [1.29, 1.82) is 0 Å². The molecule has 1 aliphatic heterocycles. The summed E-state index contributed by atoms with van der Waals surface area (Å²) in [6.07, 6.45) is -0.0137. The highest BCUT2D eigenvalue weighted by atomic mass is 16.3. The van der Waals surface area contributed by atoms with Gasteiger partial charge in [0.15, 0.2) is 5.69 Å². The molecule has 0 saturated carbocycles. The molecule has 1 saturated heterocycles. The van der Waals surface area contributed by atoms with Gasteiger partial charge in [-0.05, 0) is 35.2 Å². The van der Waals surface area contributed by atoms with Crippen molar-refractivity contribution in [2.45, 2.75) is 31.6 Å². The summed E-state index contributed by atoms with van der Waals surface area (Å²) < 4.78 is 5.47. The van der Waals surface area contributed by atoms with Crippen molar-refractivity contribution < 1.29 is 24.2 Å². The fourth-order valence-corrected chi connectivity index (χ4v) is 3.72. The van der Waals surface area contributed by atoms with E-state index in [4.69, 9.17) is 9.95 Å². The smallest absolute Gasteiger partial charge is 0.275 e. The van der Waals surface area contributed by atoms with Gasteiger partial charge in [-0.25, -0.2) is 4.98 Å². The molecule has 0 aliphatic carbocycles. The van der Waals surface area contributed by atoms with E-state index in [-0.39, 0.29) is 36.4 Å². The molecule has 0 spiro atoms. The number of benzene rings is 2. The molecular formula is C24H24N6O5. The van der Waals surface area contributed by atoms with Gasteiger partial charge in [-0.15, -0.1) is 0 Å². The van der Waals surface area contributed by atoms with Gasteiger partial charge in [0, 0.05) is 35.8 Å². The van der Waals surface area contributed by atoms with Crippen LogP contribution < -0.4 is 5.32 Å². The normalized spacial score (nSPS) is 17.5. The molecule has 11 heteroatoms. The SMILES string of the molecule is [N-]=[N+]=Nc1ccc(CC(=O)NCc2ccc(-c3nc(C(=O)N4CC[C@@H](O)[C@H](O)C4)co3)cc2)cc1. The van der Waals surface area contributed by atoms with Crippen molar-refractivity contribution in [2.75, 3.05) is 13.1 Å². The second kappa shape index (κ2) is 10.8. The number of β-amino-alcohol motifs (C(OH)–C–C–N with tert-alkyl or cyclic N) is 1. The molecule has 35 heavy (non-hydrogen) atoms. The topological polar surface area (TPSA) is 165 Å². The van der Waals surface area contributed by atoms with Crippen molar-refractivity contribution in [3.8, 4) is 11.5 Å². The minimum atomic E-state index is -0.975. The molecule has 0 unspecified atom stereocenters. The van der Waals surface area contributed by atoms with E-state index in [0.717, 1.165) is 11.1 Å². The van der Waals surface area contributed by atoms with E-state index in [1.165, 1.54) is 11.2 Å². The van der Waals surface area contributed by atoms with Crippen LogP contribution in [0.5, 0.6) is 0 Å².